The molecule has 1 aliphatic rings. The number of fused-ring (bicyclic) bond motifs is 1. The normalized spacial score (nSPS) is 12.0. The van der Waals surface area contributed by atoms with Gasteiger partial charge in [0.25, 0.3) is 5.88 Å². The third-order valence-corrected chi connectivity index (χ3v) is 1.45. The van der Waals surface area contributed by atoms with Crippen molar-refractivity contribution in [1.82, 2.24) is 10.2 Å². The molecule has 8 heteroatoms. The van der Waals surface area contributed by atoms with Crippen molar-refractivity contribution in [2.24, 2.45) is 5.73 Å². The number of ether oxygens (including phenoxy) is 2. The highest BCUT2D eigenvalue weighted by Gasteiger charge is 2.13. The summed E-state index contributed by atoms with van der Waals surface area (Å²) in [5, 5.41) is 14.4. The number of nitrogens with zero attached hydrogens (tertiary/aromatic N) is 2. The lowest BCUT2D eigenvalue weighted by atomic mass is 10.4. The van der Waals surface area contributed by atoms with Crippen LogP contribution in [-0.4, -0.2) is 40.9 Å². The lowest BCUT2D eigenvalue weighted by molar-refractivity contribution is 0.111. The van der Waals surface area contributed by atoms with E-state index in [2.05, 4.69) is 15.9 Å². The summed E-state index contributed by atoms with van der Waals surface area (Å²) >= 11 is 0. The maximum absolute atomic E-state index is 10.3. The predicted molar refractivity (Wildman–Crippen MR) is 50.6 cm³/mol. The van der Waals surface area contributed by atoms with Gasteiger partial charge < -0.3 is 20.3 Å². The highest BCUT2D eigenvalue weighted by atomic mass is 16.6. The summed E-state index contributed by atoms with van der Waals surface area (Å²) in [7, 11) is 0. The van der Waals surface area contributed by atoms with Crippen molar-refractivity contribution in [2.45, 2.75) is 0 Å². The highest BCUT2D eigenvalue weighted by Crippen LogP contribution is 2.25. The zero-order valence-electron chi connectivity index (χ0n) is 8.12. The fourth-order valence-corrected chi connectivity index (χ4v) is 0.928. The molecule has 2 rings (SSSR count). The van der Waals surface area contributed by atoms with Crippen molar-refractivity contribution in [3.05, 3.63) is 11.8 Å². The molecule has 0 unspecified atom stereocenters. The summed E-state index contributed by atoms with van der Waals surface area (Å²) in [6, 6.07) is 1.51. The smallest absolute Gasteiger partial charge is 0.402 e. The summed E-state index contributed by atoms with van der Waals surface area (Å²) < 4.78 is 10.3. The Bertz CT molecular complexity index is 391. The molecule has 0 aromatic carbocycles. The van der Waals surface area contributed by atoms with Crippen LogP contribution in [0.2, 0.25) is 0 Å². The van der Waals surface area contributed by atoms with Gasteiger partial charge in [0.15, 0.2) is 12.0 Å². The lowest BCUT2D eigenvalue weighted by Crippen LogP contribution is -2.17. The first kappa shape index (κ1) is 11.7. The molecule has 1 aliphatic heterocycles. The molecule has 1 aromatic rings. The summed E-state index contributed by atoms with van der Waals surface area (Å²) in [4.78, 5) is 19.1. The van der Waals surface area contributed by atoms with Gasteiger partial charge in [0.2, 0.25) is 0 Å². The van der Waals surface area contributed by atoms with Gasteiger partial charge in [-0.1, -0.05) is 0 Å². The number of aldehydes is 1. The molecule has 16 heavy (non-hydrogen) atoms. The Morgan fingerprint density at radius 1 is 1.44 bits per heavy atom. The quantitative estimate of drug-likeness (QED) is 0.630. The monoisotopic (exact) mass is 227 g/mol. The molecule has 0 saturated carbocycles. The third kappa shape index (κ3) is 3.40. The van der Waals surface area contributed by atoms with E-state index in [0.29, 0.717) is 31.1 Å². The average molecular weight is 227 g/mol. The van der Waals surface area contributed by atoms with Crippen LogP contribution < -0.4 is 15.2 Å². The molecule has 0 spiro atoms. The van der Waals surface area contributed by atoms with E-state index in [9.17, 15) is 4.79 Å². The van der Waals surface area contributed by atoms with Gasteiger partial charge in [-0.3, -0.25) is 4.79 Å². The lowest BCUT2D eigenvalue weighted by Gasteiger charge is -2.15. The van der Waals surface area contributed by atoms with Gasteiger partial charge >= 0.3 is 6.09 Å². The molecule has 0 saturated heterocycles. The molecule has 0 aliphatic carbocycles. The number of rotatable bonds is 1. The Kier molecular flexibility index (Phi) is 4.01. The van der Waals surface area contributed by atoms with Gasteiger partial charge in [0, 0.05) is 6.07 Å². The second-order valence-electron chi connectivity index (χ2n) is 2.59. The average Bonchev–Trinajstić information content (AvgIpc) is 2.27. The molecule has 0 bridgehead atoms. The molecule has 1 aromatic heterocycles. The minimum Gasteiger partial charge on any atom is -0.484 e. The number of nitrogens with two attached hydrogens (primary N) is 1. The molecule has 8 nitrogen and oxygen atoms in total. The van der Waals surface area contributed by atoms with Crippen LogP contribution in [0.25, 0.3) is 0 Å². The van der Waals surface area contributed by atoms with Gasteiger partial charge in [0.05, 0.1) is 0 Å². The van der Waals surface area contributed by atoms with Gasteiger partial charge in [-0.15, -0.1) is 10.2 Å². The first-order chi connectivity index (χ1) is 7.63. The Balaban J connectivity index is 0.000000280. The first-order valence-corrected chi connectivity index (χ1v) is 4.20. The maximum atomic E-state index is 10.3. The first-order valence-electron chi connectivity index (χ1n) is 4.20. The van der Waals surface area contributed by atoms with E-state index in [4.69, 9.17) is 19.4 Å². The van der Waals surface area contributed by atoms with Crippen molar-refractivity contribution in [2.75, 3.05) is 13.2 Å². The van der Waals surface area contributed by atoms with Crippen LogP contribution in [0.1, 0.15) is 10.5 Å². The Morgan fingerprint density at radius 2 is 2.06 bits per heavy atom. The molecular weight excluding hydrogens is 218 g/mol. The van der Waals surface area contributed by atoms with Crippen LogP contribution in [0.5, 0.6) is 11.6 Å². The summed E-state index contributed by atoms with van der Waals surface area (Å²) in [6.07, 6.45) is -0.717. The molecule has 0 atom stereocenters. The number of amides is 1. The number of aromatic nitrogens is 2. The molecule has 0 radical (unpaired) electrons. The Labute approximate surface area is 90.0 Å². The largest absolute Gasteiger partial charge is 0.484 e. The van der Waals surface area contributed by atoms with Crippen LogP contribution in [0.3, 0.4) is 0 Å². The molecule has 0 fully saturated rings. The van der Waals surface area contributed by atoms with Gasteiger partial charge in [-0.25, -0.2) is 4.79 Å². The zero-order valence-corrected chi connectivity index (χ0v) is 8.12. The van der Waals surface area contributed by atoms with Gasteiger partial charge in [-0.05, 0) is 0 Å². The summed E-state index contributed by atoms with van der Waals surface area (Å²) in [5.41, 5.74) is 4.28. The third-order valence-electron chi connectivity index (χ3n) is 1.45. The van der Waals surface area contributed by atoms with E-state index in [-0.39, 0.29) is 5.69 Å². The summed E-state index contributed by atoms with van der Waals surface area (Å²) in [5.74, 6) is 0.838. The number of carbonyl (C=O) groups is 2. The fourth-order valence-electron chi connectivity index (χ4n) is 0.928. The van der Waals surface area contributed by atoms with Crippen LogP contribution in [0.4, 0.5) is 4.79 Å². The number of hydrogen-bond donors (Lipinski definition) is 2. The Hall–Kier alpha value is -2.38. The van der Waals surface area contributed by atoms with Crippen LogP contribution in [0.15, 0.2) is 6.07 Å². The number of carboxylic acid groups (broad SMARTS) is 1. The fraction of sp³-hybridized carbons (Fsp3) is 0.250. The Morgan fingerprint density at radius 3 is 2.69 bits per heavy atom. The highest BCUT2D eigenvalue weighted by molar-refractivity contribution is 5.72. The molecule has 1 amide bonds. The zero-order chi connectivity index (χ0) is 12.0. The standard InChI is InChI=1S/C7H6N2O3.CH3NO2/c10-4-5-3-6-7(9-8-5)12-2-1-11-6;2-1(3)4/h3-4H,1-2H2;2H2,(H,3,4). The van der Waals surface area contributed by atoms with Crippen molar-refractivity contribution >= 4 is 12.4 Å². The van der Waals surface area contributed by atoms with Crippen LogP contribution in [-0.2, 0) is 0 Å². The molecule has 86 valence electrons. The molecular formula is C8H9N3O5. The van der Waals surface area contributed by atoms with E-state index in [1.54, 1.807) is 0 Å². The van der Waals surface area contributed by atoms with Gasteiger partial charge in [0.1, 0.15) is 18.9 Å². The van der Waals surface area contributed by atoms with Crippen LogP contribution in [0, 0.1) is 0 Å². The topological polar surface area (TPSA) is 125 Å². The van der Waals surface area contributed by atoms with Crippen molar-refractivity contribution < 1.29 is 24.2 Å². The van der Waals surface area contributed by atoms with E-state index in [1.807, 2.05) is 0 Å². The molecule has 3 N–H and O–H groups in total. The van der Waals surface area contributed by atoms with E-state index < -0.39 is 6.09 Å². The number of primary amides is 1. The second kappa shape index (κ2) is 5.49. The molecule has 2 heterocycles. The van der Waals surface area contributed by atoms with E-state index in [0.717, 1.165) is 0 Å². The van der Waals surface area contributed by atoms with E-state index in [1.165, 1.54) is 6.07 Å². The van der Waals surface area contributed by atoms with Crippen molar-refractivity contribution in [3.63, 3.8) is 0 Å². The summed E-state index contributed by atoms with van der Waals surface area (Å²) in [6.45, 7) is 0.957. The second-order valence-corrected chi connectivity index (χ2v) is 2.59. The minimum atomic E-state index is -1.33. The van der Waals surface area contributed by atoms with Crippen molar-refractivity contribution in [3.8, 4) is 11.6 Å². The van der Waals surface area contributed by atoms with Crippen LogP contribution >= 0.6 is 0 Å². The van der Waals surface area contributed by atoms with Crippen molar-refractivity contribution in [1.29, 1.82) is 0 Å². The maximum Gasteiger partial charge on any atom is 0.402 e. The van der Waals surface area contributed by atoms with E-state index >= 15 is 0 Å². The number of carbonyl (C=O) groups excluding carboxylic acids is 1. The number of hydrogen-bond acceptors (Lipinski definition) is 6. The van der Waals surface area contributed by atoms with Gasteiger partial charge in [-0.2, -0.15) is 0 Å². The predicted octanol–water partition coefficient (Wildman–Crippen LogP) is -0.317. The SMILES string of the molecule is NC(=O)O.O=Cc1cc2c(nn1)OCCO2. The minimum absolute atomic E-state index is 0.249.